The van der Waals surface area contributed by atoms with Crippen molar-refractivity contribution in [3.05, 3.63) is 64.5 Å². The van der Waals surface area contributed by atoms with Gasteiger partial charge in [-0.3, -0.25) is 24.7 Å². The summed E-state index contributed by atoms with van der Waals surface area (Å²) >= 11 is 0. The summed E-state index contributed by atoms with van der Waals surface area (Å²) in [7, 11) is 0. The average Bonchev–Trinajstić information content (AvgIpc) is 3.36. The maximum absolute atomic E-state index is 12.3. The van der Waals surface area contributed by atoms with Crippen LogP contribution in [0.25, 0.3) is 11.3 Å². The van der Waals surface area contributed by atoms with E-state index in [2.05, 4.69) is 10.1 Å². The molecule has 154 valence electrons. The van der Waals surface area contributed by atoms with Gasteiger partial charge in [0.1, 0.15) is 0 Å². The molecule has 9 heteroatoms. The standard InChI is InChI=1S/C21H23N7O2/c1-2-28-11-14(8-26-28)17-7-15(16(22)9-25-17)19(23)13-3-4-18(29)27(10-13)12-21(5-6-21)20(24)30/h3-4,7-11,23H,2,5-6,12,22H2,1H3,(H2,24,30). The molecule has 1 fully saturated rings. The number of carbonyl (C=O) groups excluding carboxylic acids is 1. The second-order valence-corrected chi connectivity index (χ2v) is 7.64. The Morgan fingerprint density at radius 2 is 2.03 bits per heavy atom. The van der Waals surface area contributed by atoms with Crippen LogP contribution in [0.4, 0.5) is 5.69 Å². The summed E-state index contributed by atoms with van der Waals surface area (Å²) in [5, 5.41) is 12.9. The summed E-state index contributed by atoms with van der Waals surface area (Å²) in [5.74, 6) is -0.398. The van der Waals surface area contributed by atoms with Gasteiger partial charge in [-0.05, 0) is 31.9 Å². The lowest BCUT2D eigenvalue weighted by molar-refractivity contribution is -0.123. The molecule has 3 aromatic rings. The SMILES string of the molecule is CCn1cc(-c2cc(C(=N)c3ccc(=O)n(CC4(C(N)=O)CC4)c3)c(N)cn2)cn1. The zero-order valence-electron chi connectivity index (χ0n) is 16.6. The van der Waals surface area contributed by atoms with E-state index >= 15 is 0 Å². The molecule has 0 aliphatic heterocycles. The third-order valence-corrected chi connectivity index (χ3v) is 5.58. The molecule has 1 aliphatic carbocycles. The largest absolute Gasteiger partial charge is 0.397 e. The van der Waals surface area contributed by atoms with E-state index in [1.807, 2.05) is 13.1 Å². The fourth-order valence-electron chi connectivity index (χ4n) is 3.43. The number of amides is 1. The molecule has 0 unspecified atom stereocenters. The van der Waals surface area contributed by atoms with Crippen molar-refractivity contribution in [2.75, 3.05) is 5.73 Å². The van der Waals surface area contributed by atoms with E-state index in [1.54, 1.807) is 29.2 Å². The molecule has 30 heavy (non-hydrogen) atoms. The minimum atomic E-state index is -0.660. The molecule has 0 radical (unpaired) electrons. The Balaban J connectivity index is 1.68. The van der Waals surface area contributed by atoms with Crippen molar-refractivity contribution < 1.29 is 4.79 Å². The number of aryl methyl sites for hydroxylation is 1. The van der Waals surface area contributed by atoms with E-state index in [0.29, 0.717) is 35.3 Å². The number of nitrogens with two attached hydrogens (primary N) is 2. The van der Waals surface area contributed by atoms with Gasteiger partial charge in [-0.2, -0.15) is 5.10 Å². The molecule has 0 saturated heterocycles. The van der Waals surface area contributed by atoms with Crippen LogP contribution in [0.1, 0.15) is 30.9 Å². The van der Waals surface area contributed by atoms with E-state index < -0.39 is 11.3 Å². The molecule has 0 bridgehead atoms. The second kappa shape index (κ2) is 7.25. The third-order valence-electron chi connectivity index (χ3n) is 5.58. The molecule has 0 spiro atoms. The first-order chi connectivity index (χ1) is 14.3. The van der Waals surface area contributed by atoms with Crippen molar-refractivity contribution >= 4 is 17.3 Å². The van der Waals surface area contributed by atoms with Crippen LogP contribution in [0.3, 0.4) is 0 Å². The van der Waals surface area contributed by atoms with Gasteiger partial charge in [0.2, 0.25) is 5.91 Å². The molecule has 0 atom stereocenters. The number of pyridine rings is 2. The van der Waals surface area contributed by atoms with Crippen LogP contribution in [0, 0.1) is 10.8 Å². The molecule has 3 heterocycles. The number of carbonyl (C=O) groups is 1. The topological polar surface area (TPSA) is 146 Å². The number of anilines is 1. The minimum absolute atomic E-state index is 0.164. The van der Waals surface area contributed by atoms with Crippen LogP contribution in [0.2, 0.25) is 0 Å². The first-order valence-electron chi connectivity index (χ1n) is 9.71. The van der Waals surface area contributed by atoms with Crippen molar-refractivity contribution in [3.63, 3.8) is 0 Å². The highest BCUT2D eigenvalue weighted by Crippen LogP contribution is 2.46. The number of nitrogens with zero attached hydrogens (tertiary/aromatic N) is 4. The summed E-state index contributed by atoms with van der Waals surface area (Å²) < 4.78 is 3.24. The van der Waals surface area contributed by atoms with Crippen molar-refractivity contribution in [2.24, 2.45) is 11.1 Å². The van der Waals surface area contributed by atoms with E-state index in [0.717, 1.165) is 12.1 Å². The monoisotopic (exact) mass is 405 g/mol. The molecule has 9 nitrogen and oxygen atoms in total. The highest BCUT2D eigenvalue weighted by Gasteiger charge is 2.48. The summed E-state index contributed by atoms with van der Waals surface area (Å²) in [4.78, 5) is 28.4. The quantitative estimate of drug-likeness (QED) is 0.509. The van der Waals surface area contributed by atoms with Crippen LogP contribution in [0.5, 0.6) is 0 Å². The highest BCUT2D eigenvalue weighted by molar-refractivity contribution is 6.14. The van der Waals surface area contributed by atoms with Gasteiger partial charge < -0.3 is 16.0 Å². The third kappa shape index (κ3) is 3.49. The maximum Gasteiger partial charge on any atom is 0.250 e. The number of hydrogen-bond acceptors (Lipinski definition) is 6. The van der Waals surface area contributed by atoms with Gasteiger partial charge in [0.05, 0.1) is 34.9 Å². The molecule has 3 aromatic heterocycles. The number of nitrogen functional groups attached to an aromatic ring is 1. The van der Waals surface area contributed by atoms with Crippen molar-refractivity contribution in [1.29, 1.82) is 5.41 Å². The van der Waals surface area contributed by atoms with Gasteiger partial charge in [0, 0.05) is 48.2 Å². The molecule has 1 amide bonds. The Morgan fingerprint density at radius 1 is 1.27 bits per heavy atom. The number of nitrogens with one attached hydrogen (secondary N) is 1. The molecule has 4 rings (SSSR count). The van der Waals surface area contributed by atoms with Gasteiger partial charge >= 0.3 is 0 Å². The van der Waals surface area contributed by atoms with Crippen LogP contribution in [0.15, 0.2) is 47.8 Å². The molecule has 5 N–H and O–H groups in total. The highest BCUT2D eigenvalue weighted by atomic mass is 16.1. The Bertz CT molecular complexity index is 1200. The van der Waals surface area contributed by atoms with Crippen LogP contribution in [-0.2, 0) is 17.9 Å². The first-order valence-corrected chi connectivity index (χ1v) is 9.71. The second-order valence-electron chi connectivity index (χ2n) is 7.64. The van der Waals surface area contributed by atoms with E-state index in [1.165, 1.54) is 16.8 Å². The lowest BCUT2D eigenvalue weighted by atomic mass is 10.0. The van der Waals surface area contributed by atoms with Gasteiger partial charge in [-0.15, -0.1) is 0 Å². The summed E-state index contributed by atoms with van der Waals surface area (Å²) in [5.41, 5.74) is 13.7. The van der Waals surface area contributed by atoms with Crippen LogP contribution < -0.4 is 17.0 Å². The Hall–Kier alpha value is -3.75. The summed E-state index contributed by atoms with van der Waals surface area (Å²) in [6.07, 6.45) is 8.04. The van der Waals surface area contributed by atoms with Crippen molar-refractivity contribution in [3.8, 4) is 11.3 Å². The Labute approximate surface area is 172 Å². The number of hydrogen-bond donors (Lipinski definition) is 3. The predicted octanol–water partition coefficient (Wildman–Crippen LogP) is 1.39. The van der Waals surface area contributed by atoms with E-state index in [4.69, 9.17) is 16.9 Å². The zero-order valence-corrected chi connectivity index (χ0v) is 16.6. The van der Waals surface area contributed by atoms with E-state index in [9.17, 15) is 9.59 Å². The Morgan fingerprint density at radius 3 is 2.67 bits per heavy atom. The average molecular weight is 405 g/mol. The summed E-state index contributed by atoms with van der Waals surface area (Å²) in [6, 6.07) is 4.72. The molecular weight excluding hydrogens is 382 g/mol. The fraction of sp³-hybridized carbons (Fsp3) is 0.286. The van der Waals surface area contributed by atoms with Gasteiger partial charge in [-0.25, -0.2) is 0 Å². The number of aromatic nitrogens is 4. The van der Waals surface area contributed by atoms with E-state index in [-0.39, 0.29) is 17.8 Å². The number of rotatable bonds is 7. The molecule has 1 saturated carbocycles. The predicted molar refractivity (Wildman–Crippen MR) is 113 cm³/mol. The number of primary amides is 1. The smallest absolute Gasteiger partial charge is 0.250 e. The van der Waals surface area contributed by atoms with Crippen molar-refractivity contribution in [2.45, 2.75) is 32.9 Å². The zero-order chi connectivity index (χ0) is 21.5. The first kappa shape index (κ1) is 19.6. The van der Waals surface area contributed by atoms with Crippen molar-refractivity contribution in [1.82, 2.24) is 19.3 Å². The van der Waals surface area contributed by atoms with Gasteiger partial charge in [-0.1, -0.05) is 0 Å². The lowest BCUT2D eigenvalue weighted by Gasteiger charge is -2.15. The fourth-order valence-corrected chi connectivity index (χ4v) is 3.43. The summed E-state index contributed by atoms with van der Waals surface area (Å²) in [6.45, 7) is 2.95. The molecular formula is C21H23N7O2. The molecule has 1 aliphatic rings. The normalized spacial score (nSPS) is 14.4. The Kier molecular flexibility index (Phi) is 4.73. The van der Waals surface area contributed by atoms with Crippen LogP contribution in [-0.4, -0.2) is 31.0 Å². The van der Waals surface area contributed by atoms with Crippen LogP contribution >= 0.6 is 0 Å². The minimum Gasteiger partial charge on any atom is -0.397 e. The van der Waals surface area contributed by atoms with Gasteiger partial charge in [0.25, 0.3) is 5.56 Å². The maximum atomic E-state index is 12.3. The van der Waals surface area contributed by atoms with Gasteiger partial charge in [0.15, 0.2) is 0 Å². The lowest BCUT2D eigenvalue weighted by Crippen LogP contribution is -2.33. The molecule has 0 aromatic carbocycles.